The molecule has 0 saturated carbocycles. The number of fused-ring (bicyclic) bond motifs is 3. The lowest BCUT2D eigenvalue weighted by molar-refractivity contribution is 0.251. The van der Waals surface area contributed by atoms with Crippen molar-refractivity contribution in [2.75, 3.05) is 41.7 Å². The summed E-state index contributed by atoms with van der Waals surface area (Å²) < 4.78 is 34.2. The highest BCUT2D eigenvalue weighted by molar-refractivity contribution is 5.57. The van der Waals surface area contributed by atoms with Gasteiger partial charge in [0, 0.05) is 0 Å². The Morgan fingerprint density at radius 1 is 0.489 bits per heavy atom. The van der Waals surface area contributed by atoms with E-state index in [2.05, 4.69) is 0 Å². The molecule has 0 radical (unpaired) electrons. The van der Waals surface area contributed by atoms with Crippen molar-refractivity contribution in [1.82, 2.24) is 0 Å². The number of rotatable bonds is 12. The fraction of sp³-hybridized carbons (Fsp3) is 0.333. The van der Waals surface area contributed by atoms with Gasteiger partial charge in [0.15, 0.2) is 46.0 Å². The molecule has 9 nitrogen and oxygen atoms in total. The van der Waals surface area contributed by atoms with Gasteiger partial charge in [0.05, 0.1) is 48.3 Å². The molecule has 0 fully saturated rings. The molecular formula is C36H40O9. The third kappa shape index (κ3) is 7.15. The molecule has 3 N–H and O–H groups in total. The molecule has 0 bridgehead atoms. The fourth-order valence-corrected chi connectivity index (χ4v) is 5.65. The number of hydrogen-bond acceptors (Lipinski definition) is 9. The van der Waals surface area contributed by atoms with Gasteiger partial charge in [0.25, 0.3) is 0 Å². The summed E-state index contributed by atoms with van der Waals surface area (Å²) in [6.07, 6.45) is 3.22. The van der Waals surface area contributed by atoms with E-state index < -0.39 is 0 Å². The van der Waals surface area contributed by atoms with Gasteiger partial charge < -0.3 is 43.7 Å². The van der Waals surface area contributed by atoms with Crippen LogP contribution in [0.2, 0.25) is 0 Å². The lowest BCUT2D eigenvalue weighted by Gasteiger charge is -2.18. The van der Waals surface area contributed by atoms with Crippen LogP contribution < -0.4 is 28.4 Å². The minimum atomic E-state index is -0.0590. The predicted molar refractivity (Wildman–Crippen MR) is 170 cm³/mol. The SMILES string of the molecule is COc1cc2c(cc1O)Cc1cc(OC)c(OCCCCOc3ccc(CO)cc3OC)cc1Cc1cc(OC)c(O)cc1C2. The minimum absolute atomic E-state index is 0.0590. The molecule has 4 aromatic rings. The molecule has 0 saturated heterocycles. The maximum Gasteiger partial charge on any atom is 0.161 e. The molecule has 1 aliphatic carbocycles. The fourth-order valence-electron chi connectivity index (χ4n) is 5.65. The number of hydrogen-bond donors (Lipinski definition) is 3. The van der Waals surface area contributed by atoms with Crippen molar-refractivity contribution in [2.45, 2.75) is 38.7 Å². The first kappa shape index (κ1) is 31.7. The van der Waals surface area contributed by atoms with Crippen LogP contribution in [0.25, 0.3) is 0 Å². The van der Waals surface area contributed by atoms with Gasteiger partial charge in [-0.15, -0.1) is 0 Å². The molecule has 0 unspecified atom stereocenters. The molecule has 0 aliphatic heterocycles. The van der Waals surface area contributed by atoms with Gasteiger partial charge in [-0.3, -0.25) is 0 Å². The van der Waals surface area contributed by atoms with E-state index in [-0.39, 0.29) is 18.1 Å². The van der Waals surface area contributed by atoms with Crippen LogP contribution in [0, 0.1) is 0 Å². The number of aliphatic hydroxyl groups excluding tert-OH is 1. The topological polar surface area (TPSA) is 116 Å². The van der Waals surface area contributed by atoms with E-state index in [1.807, 2.05) is 30.3 Å². The second-order valence-electron chi connectivity index (χ2n) is 10.9. The van der Waals surface area contributed by atoms with Crippen LogP contribution in [-0.2, 0) is 25.9 Å². The highest BCUT2D eigenvalue weighted by atomic mass is 16.5. The first-order valence-corrected chi connectivity index (χ1v) is 14.9. The van der Waals surface area contributed by atoms with Crippen LogP contribution in [0.1, 0.15) is 51.8 Å². The van der Waals surface area contributed by atoms with E-state index in [0.717, 1.165) is 51.8 Å². The lowest BCUT2D eigenvalue weighted by Crippen LogP contribution is -2.06. The number of aromatic hydroxyl groups is 2. The molecule has 238 valence electrons. The zero-order valence-electron chi connectivity index (χ0n) is 26.1. The van der Waals surface area contributed by atoms with Crippen LogP contribution in [-0.4, -0.2) is 57.0 Å². The van der Waals surface area contributed by atoms with Gasteiger partial charge in [0.2, 0.25) is 0 Å². The van der Waals surface area contributed by atoms with Gasteiger partial charge in [-0.1, -0.05) is 6.07 Å². The Morgan fingerprint density at radius 3 is 1.36 bits per heavy atom. The Bertz CT molecular complexity index is 1640. The number of phenolic OH excluding ortho intramolecular Hbond substituents is 2. The summed E-state index contributed by atoms with van der Waals surface area (Å²) in [6.45, 7) is 0.895. The highest BCUT2D eigenvalue weighted by Crippen LogP contribution is 2.40. The highest BCUT2D eigenvalue weighted by Gasteiger charge is 2.21. The monoisotopic (exact) mass is 616 g/mol. The standard InChI is InChI=1S/C36H40O9/c1-40-32-17-25-12-23-15-29(38)33(41-2)18-26(23)14-28-20-36(35(43-4)19-27(28)13-24(25)16-30(32)39)45-10-6-5-9-44-31-8-7-22(21-37)11-34(31)42-3/h7-8,11,15-20,37-39H,5-6,9-10,12-14,21H2,1-4H3. The van der Waals surface area contributed by atoms with Crippen molar-refractivity contribution >= 4 is 0 Å². The molecule has 0 aromatic heterocycles. The Balaban J connectivity index is 1.37. The Kier molecular flexibility index (Phi) is 10.1. The number of aliphatic hydroxyl groups is 1. The predicted octanol–water partition coefficient (Wildman–Crippen LogP) is 5.95. The summed E-state index contributed by atoms with van der Waals surface area (Å²) >= 11 is 0. The Labute approximate surface area is 263 Å². The van der Waals surface area contributed by atoms with Crippen LogP contribution in [0.4, 0.5) is 0 Å². The van der Waals surface area contributed by atoms with Crippen LogP contribution in [0.15, 0.2) is 54.6 Å². The van der Waals surface area contributed by atoms with Crippen molar-refractivity contribution in [3.05, 3.63) is 93.5 Å². The lowest BCUT2D eigenvalue weighted by atomic mass is 9.94. The zero-order chi connectivity index (χ0) is 31.9. The number of benzene rings is 4. The van der Waals surface area contributed by atoms with Crippen LogP contribution in [0.5, 0.6) is 46.0 Å². The normalized spacial score (nSPS) is 12.0. The summed E-state index contributed by atoms with van der Waals surface area (Å²) in [5.41, 5.74) is 6.77. The Hall–Kier alpha value is -4.76. The van der Waals surface area contributed by atoms with Crippen LogP contribution >= 0.6 is 0 Å². The molecule has 1 aliphatic rings. The van der Waals surface area contributed by atoms with Gasteiger partial charge in [0.1, 0.15) is 0 Å². The molecule has 5 rings (SSSR count). The molecule has 0 spiro atoms. The minimum Gasteiger partial charge on any atom is -0.504 e. The maximum absolute atomic E-state index is 10.6. The summed E-state index contributed by atoms with van der Waals surface area (Å²) in [5.74, 6) is 3.45. The summed E-state index contributed by atoms with van der Waals surface area (Å²) in [7, 11) is 6.28. The van der Waals surface area contributed by atoms with E-state index in [4.69, 9.17) is 28.4 Å². The second kappa shape index (κ2) is 14.3. The molecule has 0 heterocycles. The number of phenols is 2. The van der Waals surface area contributed by atoms with E-state index in [9.17, 15) is 15.3 Å². The number of methoxy groups -OCH3 is 4. The van der Waals surface area contributed by atoms with Crippen molar-refractivity contribution in [3.8, 4) is 46.0 Å². The van der Waals surface area contributed by atoms with Crippen LogP contribution in [0.3, 0.4) is 0 Å². The van der Waals surface area contributed by atoms with E-state index in [1.165, 1.54) is 7.11 Å². The largest absolute Gasteiger partial charge is 0.504 e. The van der Waals surface area contributed by atoms with Crippen molar-refractivity contribution < 1.29 is 43.7 Å². The van der Waals surface area contributed by atoms with Crippen molar-refractivity contribution in [2.24, 2.45) is 0 Å². The van der Waals surface area contributed by atoms with E-state index >= 15 is 0 Å². The average Bonchev–Trinajstić information content (AvgIpc) is 3.10. The van der Waals surface area contributed by atoms with Crippen molar-refractivity contribution in [3.63, 3.8) is 0 Å². The number of ether oxygens (including phenoxy) is 6. The zero-order valence-corrected chi connectivity index (χ0v) is 26.1. The average molecular weight is 617 g/mol. The molecule has 4 aromatic carbocycles. The van der Waals surface area contributed by atoms with Gasteiger partial charge in [-0.05, 0) is 120 Å². The molecule has 0 atom stereocenters. The van der Waals surface area contributed by atoms with E-state index in [0.29, 0.717) is 67.0 Å². The molecule has 0 amide bonds. The third-order valence-electron chi connectivity index (χ3n) is 8.10. The number of unbranched alkanes of at least 4 members (excludes halogenated alkanes) is 1. The first-order chi connectivity index (χ1) is 21.9. The summed E-state index contributed by atoms with van der Waals surface area (Å²) in [5, 5.41) is 30.6. The summed E-state index contributed by atoms with van der Waals surface area (Å²) in [4.78, 5) is 0. The van der Waals surface area contributed by atoms with Gasteiger partial charge in [-0.2, -0.15) is 0 Å². The molecular weight excluding hydrogens is 576 g/mol. The quantitative estimate of drug-likeness (QED) is 0.146. The van der Waals surface area contributed by atoms with Crippen molar-refractivity contribution in [1.29, 1.82) is 0 Å². The third-order valence-corrected chi connectivity index (χ3v) is 8.10. The Morgan fingerprint density at radius 2 is 0.889 bits per heavy atom. The van der Waals surface area contributed by atoms with E-state index in [1.54, 1.807) is 45.6 Å². The van der Waals surface area contributed by atoms with Gasteiger partial charge in [-0.25, -0.2) is 0 Å². The maximum atomic E-state index is 10.6. The molecule has 9 heteroatoms. The summed E-state index contributed by atoms with van der Waals surface area (Å²) in [6, 6.07) is 16.7. The molecule has 45 heavy (non-hydrogen) atoms. The first-order valence-electron chi connectivity index (χ1n) is 14.9. The second-order valence-corrected chi connectivity index (χ2v) is 10.9. The smallest absolute Gasteiger partial charge is 0.161 e. The van der Waals surface area contributed by atoms with Gasteiger partial charge >= 0.3 is 0 Å².